The molecule has 0 saturated carbocycles. The lowest BCUT2D eigenvalue weighted by molar-refractivity contribution is 0.901. The first-order valence-corrected chi connectivity index (χ1v) is 8.64. The average Bonchev–Trinajstić information content (AvgIpc) is 3.06. The van der Waals surface area contributed by atoms with Gasteiger partial charge in [0.1, 0.15) is 5.01 Å². The van der Waals surface area contributed by atoms with Crippen molar-refractivity contribution in [3.63, 3.8) is 0 Å². The number of benzene rings is 1. The maximum absolute atomic E-state index is 12.3. The SMILES string of the molecule is O=c1cc(C=Cc2cccnc2)nc2sc(-c3ccccc3Cl)nn12. The van der Waals surface area contributed by atoms with Gasteiger partial charge in [-0.3, -0.25) is 9.78 Å². The fourth-order valence-electron chi connectivity index (χ4n) is 2.31. The van der Waals surface area contributed by atoms with Crippen LogP contribution in [0.25, 0.3) is 27.7 Å². The van der Waals surface area contributed by atoms with Gasteiger partial charge in [0.2, 0.25) is 4.96 Å². The van der Waals surface area contributed by atoms with E-state index in [-0.39, 0.29) is 5.56 Å². The van der Waals surface area contributed by atoms with Crippen molar-refractivity contribution >= 4 is 40.1 Å². The van der Waals surface area contributed by atoms with E-state index in [4.69, 9.17) is 11.6 Å². The molecular formula is C18H11ClN4OS. The summed E-state index contributed by atoms with van der Waals surface area (Å²) in [6.45, 7) is 0. The van der Waals surface area contributed by atoms with E-state index >= 15 is 0 Å². The molecule has 0 fully saturated rings. The molecule has 122 valence electrons. The number of nitrogens with zero attached hydrogens (tertiary/aromatic N) is 4. The van der Waals surface area contributed by atoms with Crippen LogP contribution in [0.3, 0.4) is 0 Å². The van der Waals surface area contributed by atoms with Gasteiger partial charge in [-0.25, -0.2) is 4.98 Å². The highest BCUT2D eigenvalue weighted by Crippen LogP contribution is 2.30. The van der Waals surface area contributed by atoms with Gasteiger partial charge in [0.05, 0.1) is 10.7 Å². The van der Waals surface area contributed by atoms with Crippen molar-refractivity contribution in [2.75, 3.05) is 0 Å². The zero-order valence-corrected chi connectivity index (χ0v) is 14.4. The Morgan fingerprint density at radius 3 is 2.80 bits per heavy atom. The van der Waals surface area contributed by atoms with Crippen LogP contribution in [-0.4, -0.2) is 19.6 Å². The molecule has 0 radical (unpaired) electrons. The quantitative estimate of drug-likeness (QED) is 0.549. The summed E-state index contributed by atoms with van der Waals surface area (Å²) >= 11 is 7.54. The third kappa shape index (κ3) is 3.22. The number of rotatable bonds is 3. The summed E-state index contributed by atoms with van der Waals surface area (Å²) in [4.78, 5) is 21.4. The van der Waals surface area contributed by atoms with Crippen LogP contribution < -0.4 is 5.56 Å². The normalized spacial score (nSPS) is 11.4. The number of halogens is 1. The molecule has 0 spiro atoms. The molecule has 4 aromatic rings. The van der Waals surface area contributed by atoms with Gasteiger partial charge in [-0.15, -0.1) is 0 Å². The van der Waals surface area contributed by atoms with Gasteiger partial charge in [0, 0.05) is 24.0 Å². The average molecular weight is 367 g/mol. The lowest BCUT2D eigenvalue weighted by atomic mass is 10.2. The molecule has 0 aliphatic carbocycles. The molecule has 0 amide bonds. The lowest BCUT2D eigenvalue weighted by Crippen LogP contribution is -2.14. The van der Waals surface area contributed by atoms with Crippen LogP contribution in [0.2, 0.25) is 5.02 Å². The maximum atomic E-state index is 12.3. The van der Waals surface area contributed by atoms with E-state index in [1.165, 1.54) is 21.9 Å². The van der Waals surface area contributed by atoms with Crippen LogP contribution in [-0.2, 0) is 0 Å². The van der Waals surface area contributed by atoms with Crippen molar-refractivity contribution in [2.24, 2.45) is 0 Å². The Balaban J connectivity index is 1.76. The maximum Gasteiger partial charge on any atom is 0.275 e. The highest BCUT2D eigenvalue weighted by Gasteiger charge is 2.12. The highest BCUT2D eigenvalue weighted by atomic mass is 35.5. The van der Waals surface area contributed by atoms with Crippen LogP contribution in [0.15, 0.2) is 59.7 Å². The van der Waals surface area contributed by atoms with Crippen molar-refractivity contribution in [1.29, 1.82) is 0 Å². The second kappa shape index (κ2) is 6.58. The summed E-state index contributed by atoms with van der Waals surface area (Å²) in [5.41, 5.74) is 2.06. The number of hydrogen-bond donors (Lipinski definition) is 0. The van der Waals surface area contributed by atoms with Gasteiger partial charge in [-0.1, -0.05) is 53.3 Å². The summed E-state index contributed by atoms with van der Waals surface area (Å²) in [6, 6.07) is 12.6. The van der Waals surface area contributed by atoms with Gasteiger partial charge >= 0.3 is 0 Å². The molecule has 0 bridgehead atoms. The predicted molar refractivity (Wildman–Crippen MR) is 101 cm³/mol. The van der Waals surface area contributed by atoms with Gasteiger partial charge in [-0.2, -0.15) is 9.61 Å². The second-order valence-electron chi connectivity index (χ2n) is 5.22. The molecule has 0 aliphatic rings. The zero-order chi connectivity index (χ0) is 17.2. The van der Waals surface area contributed by atoms with Crippen molar-refractivity contribution in [2.45, 2.75) is 0 Å². The van der Waals surface area contributed by atoms with Crippen molar-refractivity contribution in [3.8, 4) is 10.6 Å². The number of hydrogen-bond acceptors (Lipinski definition) is 5. The van der Waals surface area contributed by atoms with E-state index in [1.54, 1.807) is 24.5 Å². The van der Waals surface area contributed by atoms with Crippen LogP contribution in [0.4, 0.5) is 0 Å². The molecule has 1 aromatic carbocycles. The summed E-state index contributed by atoms with van der Waals surface area (Å²) in [6.07, 6.45) is 7.10. The first-order valence-electron chi connectivity index (χ1n) is 7.45. The Kier molecular flexibility index (Phi) is 4.13. The molecular weight excluding hydrogens is 356 g/mol. The van der Waals surface area contributed by atoms with Gasteiger partial charge in [-0.05, 0) is 23.8 Å². The van der Waals surface area contributed by atoms with Crippen molar-refractivity contribution in [1.82, 2.24) is 19.6 Å². The predicted octanol–water partition coefficient (Wildman–Crippen LogP) is 4.04. The highest BCUT2D eigenvalue weighted by molar-refractivity contribution is 7.19. The number of aromatic nitrogens is 4. The summed E-state index contributed by atoms with van der Waals surface area (Å²) in [5, 5.41) is 5.59. The van der Waals surface area contributed by atoms with Gasteiger partial charge < -0.3 is 0 Å². The molecule has 0 aliphatic heterocycles. The Morgan fingerprint density at radius 1 is 1.12 bits per heavy atom. The Labute approximate surface area is 151 Å². The van der Waals surface area contributed by atoms with E-state index in [0.717, 1.165) is 11.1 Å². The molecule has 7 heteroatoms. The van der Waals surface area contributed by atoms with Crippen molar-refractivity contribution < 1.29 is 0 Å². The smallest absolute Gasteiger partial charge is 0.267 e. The lowest BCUT2D eigenvalue weighted by Gasteiger charge is -1.96. The van der Waals surface area contributed by atoms with Gasteiger partial charge in [0.15, 0.2) is 0 Å². The van der Waals surface area contributed by atoms with E-state index in [1.807, 2.05) is 36.4 Å². The molecule has 5 nitrogen and oxygen atoms in total. The standard InChI is InChI=1S/C18H11ClN4OS/c19-15-6-2-1-5-14(15)17-22-23-16(24)10-13(21-18(23)25-17)8-7-12-4-3-9-20-11-12/h1-11H. The molecule has 0 N–H and O–H groups in total. The number of fused-ring (bicyclic) bond motifs is 1. The van der Waals surface area contributed by atoms with Crippen LogP contribution >= 0.6 is 22.9 Å². The summed E-state index contributed by atoms with van der Waals surface area (Å²) < 4.78 is 1.30. The minimum atomic E-state index is -0.231. The molecule has 4 rings (SSSR count). The molecule has 25 heavy (non-hydrogen) atoms. The molecule has 0 saturated heterocycles. The topological polar surface area (TPSA) is 60.2 Å². The number of pyridine rings is 1. The van der Waals surface area contributed by atoms with Crippen molar-refractivity contribution in [3.05, 3.63) is 81.5 Å². The first kappa shape index (κ1) is 15.7. The monoisotopic (exact) mass is 366 g/mol. The van der Waals surface area contributed by atoms with Crippen LogP contribution in [0, 0.1) is 0 Å². The Morgan fingerprint density at radius 2 is 2.00 bits per heavy atom. The van der Waals surface area contributed by atoms with Gasteiger partial charge in [0.25, 0.3) is 5.56 Å². The zero-order valence-electron chi connectivity index (χ0n) is 12.8. The minimum Gasteiger partial charge on any atom is -0.267 e. The minimum absolute atomic E-state index is 0.231. The molecule has 3 aromatic heterocycles. The van der Waals surface area contributed by atoms with E-state index in [2.05, 4.69) is 15.1 Å². The van der Waals surface area contributed by atoms with Crippen LogP contribution in [0.1, 0.15) is 11.3 Å². The molecule has 0 unspecified atom stereocenters. The fraction of sp³-hybridized carbons (Fsp3) is 0. The molecule has 3 heterocycles. The van der Waals surface area contributed by atoms with E-state index < -0.39 is 0 Å². The second-order valence-corrected chi connectivity index (χ2v) is 6.58. The van der Waals surface area contributed by atoms with Crippen LogP contribution in [0.5, 0.6) is 0 Å². The summed E-state index contributed by atoms with van der Waals surface area (Å²) in [5.74, 6) is 0. The Bertz CT molecular complexity index is 1130. The largest absolute Gasteiger partial charge is 0.275 e. The van der Waals surface area contributed by atoms with E-state index in [0.29, 0.717) is 20.7 Å². The third-order valence-corrected chi connectivity index (χ3v) is 4.77. The fourth-order valence-corrected chi connectivity index (χ4v) is 3.55. The Hall–Kier alpha value is -2.83. The third-order valence-electron chi connectivity index (χ3n) is 3.50. The van der Waals surface area contributed by atoms with E-state index in [9.17, 15) is 4.79 Å². The summed E-state index contributed by atoms with van der Waals surface area (Å²) in [7, 11) is 0. The first-order chi connectivity index (χ1) is 12.2. The molecule has 0 atom stereocenters.